The molecule has 0 atom stereocenters. The SMILES string of the molecule is COc1cc(Cl)c(Cl)cc1C(=O)N1CCCOCC1. The lowest BCUT2D eigenvalue weighted by atomic mass is 10.1. The van der Waals surface area contributed by atoms with Gasteiger partial charge in [0.1, 0.15) is 5.75 Å². The predicted octanol–water partition coefficient (Wildman–Crippen LogP) is 2.86. The van der Waals surface area contributed by atoms with Crippen LogP contribution in [0.25, 0.3) is 0 Å². The molecule has 0 N–H and O–H groups in total. The Labute approximate surface area is 122 Å². The summed E-state index contributed by atoms with van der Waals surface area (Å²) in [7, 11) is 1.50. The molecule has 0 bridgehead atoms. The average Bonchev–Trinajstić information content (AvgIpc) is 2.69. The quantitative estimate of drug-likeness (QED) is 0.843. The van der Waals surface area contributed by atoms with Crippen LogP contribution in [0, 0.1) is 0 Å². The Bertz CT molecular complexity index is 471. The lowest BCUT2D eigenvalue weighted by Crippen LogP contribution is -2.33. The van der Waals surface area contributed by atoms with Gasteiger partial charge >= 0.3 is 0 Å². The third-order valence-corrected chi connectivity index (χ3v) is 3.70. The summed E-state index contributed by atoms with van der Waals surface area (Å²) in [5.74, 6) is 0.325. The molecule has 1 fully saturated rings. The molecule has 0 aromatic heterocycles. The number of methoxy groups -OCH3 is 1. The van der Waals surface area contributed by atoms with Gasteiger partial charge in [-0.2, -0.15) is 0 Å². The molecular formula is C13H15Cl2NO3. The fraction of sp³-hybridized carbons (Fsp3) is 0.462. The molecule has 0 radical (unpaired) electrons. The fourth-order valence-corrected chi connectivity index (χ4v) is 2.30. The molecular weight excluding hydrogens is 289 g/mol. The standard InChI is InChI=1S/C13H15Cl2NO3/c1-18-12-8-11(15)10(14)7-9(12)13(17)16-3-2-5-19-6-4-16/h7-8H,2-6H2,1H3. The van der Waals surface area contributed by atoms with Gasteiger partial charge in [-0.1, -0.05) is 23.2 Å². The van der Waals surface area contributed by atoms with Gasteiger partial charge in [0.2, 0.25) is 0 Å². The minimum atomic E-state index is -0.110. The van der Waals surface area contributed by atoms with Gasteiger partial charge in [-0.05, 0) is 12.5 Å². The first-order valence-corrected chi connectivity index (χ1v) is 6.79. The van der Waals surface area contributed by atoms with Crippen molar-refractivity contribution in [3.63, 3.8) is 0 Å². The lowest BCUT2D eigenvalue weighted by Gasteiger charge is -2.21. The van der Waals surface area contributed by atoms with E-state index in [0.29, 0.717) is 47.7 Å². The molecule has 1 aliphatic heterocycles. The average molecular weight is 304 g/mol. The second kappa shape index (κ2) is 6.46. The summed E-state index contributed by atoms with van der Waals surface area (Å²) in [5.41, 5.74) is 0.429. The van der Waals surface area contributed by atoms with Crippen LogP contribution in [0.1, 0.15) is 16.8 Å². The number of nitrogens with zero attached hydrogens (tertiary/aromatic N) is 1. The van der Waals surface area contributed by atoms with Crippen LogP contribution in [-0.4, -0.2) is 44.2 Å². The Hall–Kier alpha value is -0.970. The Kier molecular flexibility index (Phi) is 4.91. The summed E-state index contributed by atoms with van der Waals surface area (Å²) < 4.78 is 10.5. The van der Waals surface area contributed by atoms with Crippen LogP contribution in [-0.2, 0) is 4.74 Å². The Balaban J connectivity index is 2.29. The van der Waals surface area contributed by atoms with Crippen molar-refractivity contribution >= 4 is 29.1 Å². The van der Waals surface area contributed by atoms with Crippen LogP contribution in [0.4, 0.5) is 0 Å². The van der Waals surface area contributed by atoms with E-state index in [1.54, 1.807) is 17.0 Å². The summed E-state index contributed by atoms with van der Waals surface area (Å²) in [4.78, 5) is 14.2. The Morgan fingerprint density at radius 1 is 1.26 bits per heavy atom. The van der Waals surface area contributed by atoms with E-state index >= 15 is 0 Å². The van der Waals surface area contributed by atoms with E-state index in [1.165, 1.54) is 7.11 Å². The molecule has 6 heteroatoms. The highest BCUT2D eigenvalue weighted by molar-refractivity contribution is 6.42. The van der Waals surface area contributed by atoms with Crippen LogP contribution < -0.4 is 4.74 Å². The zero-order valence-corrected chi connectivity index (χ0v) is 12.1. The Morgan fingerprint density at radius 2 is 2.00 bits per heavy atom. The molecule has 1 aliphatic rings. The van der Waals surface area contributed by atoms with E-state index in [2.05, 4.69) is 0 Å². The zero-order valence-electron chi connectivity index (χ0n) is 10.6. The second-order valence-corrected chi connectivity index (χ2v) is 5.04. The van der Waals surface area contributed by atoms with Crippen molar-refractivity contribution in [3.05, 3.63) is 27.7 Å². The number of hydrogen-bond donors (Lipinski definition) is 0. The first-order valence-electron chi connectivity index (χ1n) is 6.03. The van der Waals surface area contributed by atoms with Crippen LogP contribution in [0.3, 0.4) is 0 Å². The maximum Gasteiger partial charge on any atom is 0.257 e. The largest absolute Gasteiger partial charge is 0.496 e. The molecule has 1 aromatic carbocycles. The fourth-order valence-electron chi connectivity index (χ4n) is 1.98. The number of rotatable bonds is 2. The minimum Gasteiger partial charge on any atom is -0.496 e. The van der Waals surface area contributed by atoms with Crippen LogP contribution in [0.15, 0.2) is 12.1 Å². The van der Waals surface area contributed by atoms with Crippen molar-refractivity contribution in [2.45, 2.75) is 6.42 Å². The van der Waals surface area contributed by atoms with Crippen molar-refractivity contribution in [2.24, 2.45) is 0 Å². The van der Waals surface area contributed by atoms with E-state index in [-0.39, 0.29) is 5.91 Å². The van der Waals surface area contributed by atoms with E-state index in [0.717, 1.165) is 6.42 Å². The minimum absolute atomic E-state index is 0.110. The van der Waals surface area contributed by atoms with Crippen molar-refractivity contribution in [3.8, 4) is 5.75 Å². The van der Waals surface area contributed by atoms with Crippen LogP contribution in [0.2, 0.25) is 10.0 Å². The molecule has 1 amide bonds. The summed E-state index contributed by atoms with van der Waals surface area (Å²) in [5, 5.41) is 0.714. The van der Waals surface area contributed by atoms with Crippen LogP contribution in [0.5, 0.6) is 5.75 Å². The second-order valence-electron chi connectivity index (χ2n) is 4.22. The molecule has 0 spiro atoms. The Morgan fingerprint density at radius 3 is 2.74 bits per heavy atom. The molecule has 1 heterocycles. The number of halogens is 2. The number of amides is 1. The van der Waals surface area contributed by atoms with Gasteiger partial charge < -0.3 is 14.4 Å². The van der Waals surface area contributed by atoms with E-state index < -0.39 is 0 Å². The molecule has 0 aliphatic carbocycles. The monoisotopic (exact) mass is 303 g/mol. The maximum atomic E-state index is 12.5. The summed E-state index contributed by atoms with van der Waals surface area (Å²) in [6, 6.07) is 3.11. The highest BCUT2D eigenvalue weighted by Crippen LogP contribution is 2.31. The molecule has 104 valence electrons. The molecule has 1 aromatic rings. The topological polar surface area (TPSA) is 38.8 Å². The van der Waals surface area contributed by atoms with Crippen molar-refractivity contribution < 1.29 is 14.3 Å². The number of hydrogen-bond acceptors (Lipinski definition) is 3. The predicted molar refractivity (Wildman–Crippen MR) is 74.4 cm³/mol. The van der Waals surface area contributed by atoms with Gasteiger partial charge in [0.15, 0.2) is 0 Å². The van der Waals surface area contributed by atoms with Crippen molar-refractivity contribution in [1.29, 1.82) is 0 Å². The van der Waals surface area contributed by atoms with Gasteiger partial charge in [-0.3, -0.25) is 4.79 Å². The first-order chi connectivity index (χ1) is 9.13. The highest BCUT2D eigenvalue weighted by Gasteiger charge is 2.22. The summed E-state index contributed by atoms with van der Waals surface area (Å²) in [6.45, 7) is 2.47. The molecule has 19 heavy (non-hydrogen) atoms. The number of carbonyl (C=O) groups excluding carboxylic acids is 1. The number of ether oxygens (including phenoxy) is 2. The van der Waals surface area contributed by atoms with Crippen molar-refractivity contribution in [2.75, 3.05) is 33.4 Å². The lowest BCUT2D eigenvalue weighted by molar-refractivity contribution is 0.0738. The van der Waals surface area contributed by atoms with E-state index in [1.807, 2.05) is 0 Å². The number of carbonyl (C=O) groups is 1. The van der Waals surface area contributed by atoms with Gasteiger partial charge in [-0.25, -0.2) is 0 Å². The molecule has 2 rings (SSSR count). The molecule has 0 unspecified atom stereocenters. The van der Waals surface area contributed by atoms with Crippen molar-refractivity contribution in [1.82, 2.24) is 4.90 Å². The van der Waals surface area contributed by atoms with Gasteiger partial charge in [0.25, 0.3) is 5.91 Å². The van der Waals surface area contributed by atoms with E-state index in [9.17, 15) is 4.79 Å². The third-order valence-electron chi connectivity index (χ3n) is 2.98. The summed E-state index contributed by atoms with van der Waals surface area (Å²) in [6.07, 6.45) is 0.829. The first kappa shape index (κ1) is 14.4. The third kappa shape index (κ3) is 3.32. The molecule has 4 nitrogen and oxygen atoms in total. The number of benzene rings is 1. The highest BCUT2D eigenvalue weighted by atomic mass is 35.5. The van der Waals surface area contributed by atoms with Crippen LogP contribution >= 0.6 is 23.2 Å². The molecule has 1 saturated heterocycles. The van der Waals surface area contributed by atoms with Gasteiger partial charge in [-0.15, -0.1) is 0 Å². The summed E-state index contributed by atoms with van der Waals surface area (Å²) >= 11 is 11.9. The van der Waals surface area contributed by atoms with Gasteiger partial charge in [0.05, 0.1) is 29.3 Å². The maximum absolute atomic E-state index is 12.5. The van der Waals surface area contributed by atoms with E-state index in [4.69, 9.17) is 32.7 Å². The smallest absolute Gasteiger partial charge is 0.257 e. The zero-order chi connectivity index (χ0) is 13.8. The molecule has 0 saturated carbocycles. The normalized spacial score (nSPS) is 16.1. The van der Waals surface area contributed by atoms with Gasteiger partial charge in [0, 0.05) is 25.8 Å².